The monoisotopic (exact) mass is 495 g/mol. The summed E-state index contributed by atoms with van der Waals surface area (Å²) >= 11 is 1.42. The third-order valence-corrected chi connectivity index (χ3v) is 7.38. The zero-order valence-corrected chi connectivity index (χ0v) is 20.9. The normalized spacial score (nSPS) is 14.7. The highest BCUT2D eigenvalue weighted by atomic mass is 32.2. The Balaban J connectivity index is 1.30. The number of nitrogens with zero attached hydrogens (tertiary/aromatic N) is 1. The van der Waals surface area contributed by atoms with E-state index >= 15 is 0 Å². The van der Waals surface area contributed by atoms with Gasteiger partial charge < -0.3 is 10.6 Å². The van der Waals surface area contributed by atoms with Crippen LogP contribution in [0.15, 0.2) is 70.5 Å². The Labute approximate surface area is 210 Å². The van der Waals surface area contributed by atoms with Crippen LogP contribution in [0.5, 0.6) is 0 Å². The lowest BCUT2D eigenvalue weighted by atomic mass is 9.86. The molecule has 0 unspecified atom stereocenters. The summed E-state index contributed by atoms with van der Waals surface area (Å²) in [6, 6.07) is 18.5. The molecular weight excluding hydrogens is 464 g/mol. The first-order valence-electron chi connectivity index (χ1n) is 11.9. The van der Waals surface area contributed by atoms with E-state index in [9.17, 15) is 13.6 Å². The molecule has 0 radical (unpaired) electrons. The molecule has 2 N–H and O–H groups in total. The van der Waals surface area contributed by atoms with Gasteiger partial charge in [-0.1, -0.05) is 30.0 Å². The average molecular weight is 496 g/mol. The number of likely N-dealkylation sites (tertiary alicyclic amines) is 1. The van der Waals surface area contributed by atoms with Crippen molar-refractivity contribution in [2.75, 3.05) is 32.0 Å². The average Bonchev–Trinajstić information content (AvgIpc) is 2.85. The lowest BCUT2D eigenvalue weighted by molar-refractivity contribution is -0.115. The summed E-state index contributed by atoms with van der Waals surface area (Å²) in [4.78, 5) is 16.1. The van der Waals surface area contributed by atoms with Gasteiger partial charge in [0, 0.05) is 22.0 Å². The van der Waals surface area contributed by atoms with Crippen molar-refractivity contribution in [1.82, 2.24) is 10.2 Å². The first-order valence-corrected chi connectivity index (χ1v) is 12.7. The minimum atomic E-state index is -0.826. The van der Waals surface area contributed by atoms with Gasteiger partial charge in [-0.25, -0.2) is 8.78 Å². The van der Waals surface area contributed by atoms with Gasteiger partial charge in [0.2, 0.25) is 5.91 Å². The molecule has 3 aromatic rings. The zero-order chi connectivity index (χ0) is 24.8. The van der Waals surface area contributed by atoms with Crippen molar-refractivity contribution in [1.29, 1.82) is 0 Å². The van der Waals surface area contributed by atoms with Crippen LogP contribution in [0, 0.1) is 18.6 Å². The van der Waals surface area contributed by atoms with Crippen LogP contribution >= 0.6 is 11.8 Å². The first kappa shape index (κ1) is 25.4. The predicted octanol–water partition coefficient (Wildman–Crippen LogP) is 5.96. The number of amides is 1. The standard InChI is InChI=1S/C28H31F2N3OS/c1-19-3-6-22(32-28(34)17-31-2)15-25(19)21-11-13-33(14-12-21)18-20-4-7-23(8-5-20)35-24-9-10-26(29)27(30)16-24/h3-10,15-16,21,31H,11-14,17-18H2,1-2H3,(H,32,34). The highest BCUT2D eigenvalue weighted by Crippen LogP contribution is 2.33. The van der Waals surface area contributed by atoms with Crippen LogP contribution < -0.4 is 10.6 Å². The van der Waals surface area contributed by atoms with E-state index in [0.717, 1.165) is 49.1 Å². The minimum absolute atomic E-state index is 0.0358. The number of benzene rings is 3. The molecule has 1 heterocycles. The molecule has 0 bridgehead atoms. The Kier molecular flexibility index (Phi) is 8.55. The van der Waals surface area contributed by atoms with Crippen molar-refractivity contribution in [3.63, 3.8) is 0 Å². The molecule has 4 rings (SSSR count). The lowest BCUT2D eigenvalue weighted by Crippen LogP contribution is -2.32. The van der Waals surface area contributed by atoms with Crippen molar-refractivity contribution >= 4 is 23.4 Å². The Hall–Kier alpha value is -2.74. The van der Waals surface area contributed by atoms with Gasteiger partial charge in [-0.3, -0.25) is 9.69 Å². The molecule has 0 saturated carbocycles. The third kappa shape index (κ3) is 6.90. The van der Waals surface area contributed by atoms with Gasteiger partial charge in [0.25, 0.3) is 0 Å². The van der Waals surface area contributed by atoms with Crippen LogP contribution in [0.3, 0.4) is 0 Å². The number of piperidine rings is 1. The van der Waals surface area contributed by atoms with E-state index in [0.29, 0.717) is 17.4 Å². The maximum Gasteiger partial charge on any atom is 0.238 e. The zero-order valence-electron chi connectivity index (χ0n) is 20.1. The fourth-order valence-corrected chi connectivity index (χ4v) is 5.37. The molecule has 0 aliphatic carbocycles. The van der Waals surface area contributed by atoms with Crippen LogP contribution in [-0.4, -0.2) is 37.5 Å². The summed E-state index contributed by atoms with van der Waals surface area (Å²) in [5.74, 6) is -1.20. The highest BCUT2D eigenvalue weighted by molar-refractivity contribution is 7.99. The van der Waals surface area contributed by atoms with E-state index < -0.39 is 11.6 Å². The number of carbonyl (C=O) groups is 1. The molecule has 3 aromatic carbocycles. The molecule has 1 aliphatic heterocycles. The SMILES string of the molecule is CNCC(=O)Nc1ccc(C)c(C2CCN(Cc3ccc(Sc4ccc(F)c(F)c4)cc3)CC2)c1. The fraction of sp³-hybridized carbons (Fsp3) is 0.321. The van der Waals surface area contributed by atoms with Crippen LogP contribution in [0.4, 0.5) is 14.5 Å². The fourth-order valence-electron chi connectivity index (χ4n) is 4.52. The molecule has 35 heavy (non-hydrogen) atoms. The highest BCUT2D eigenvalue weighted by Gasteiger charge is 2.22. The number of hydrogen-bond donors (Lipinski definition) is 2. The molecule has 1 aliphatic rings. The number of rotatable bonds is 8. The van der Waals surface area contributed by atoms with Crippen molar-refractivity contribution in [3.8, 4) is 0 Å². The van der Waals surface area contributed by atoms with Crippen molar-refractivity contribution in [3.05, 3.63) is 89.0 Å². The van der Waals surface area contributed by atoms with Gasteiger partial charge in [0.1, 0.15) is 0 Å². The van der Waals surface area contributed by atoms with E-state index in [2.05, 4.69) is 46.7 Å². The number of halogens is 2. The number of carbonyl (C=O) groups excluding carboxylic acids is 1. The molecule has 0 aromatic heterocycles. The van der Waals surface area contributed by atoms with Gasteiger partial charge in [0.05, 0.1) is 6.54 Å². The maximum absolute atomic E-state index is 13.4. The summed E-state index contributed by atoms with van der Waals surface area (Å²) in [6.07, 6.45) is 2.16. The van der Waals surface area contributed by atoms with E-state index in [4.69, 9.17) is 0 Å². The minimum Gasteiger partial charge on any atom is -0.325 e. The summed E-state index contributed by atoms with van der Waals surface area (Å²) in [5.41, 5.74) is 4.69. The Morgan fingerprint density at radius 1 is 0.971 bits per heavy atom. The maximum atomic E-state index is 13.4. The second-order valence-corrected chi connectivity index (χ2v) is 10.2. The Bertz CT molecular complexity index is 1160. The van der Waals surface area contributed by atoms with Gasteiger partial charge in [-0.15, -0.1) is 0 Å². The topological polar surface area (TPSA) is 44.4 Å². The van der Waals surface area contributed by atoms with Gasteiger partial charge in [-0.05, 0) is 105 Å². The first-order chi connectivity index (χ1) is 16.9. The van der Waals surface area contributed by atoms with Crippen molar-refractivity contribution < 1.29 is 13.6 Å². The van der Waals surface area contributed by atoms with E-state index in [1.165, 1.54) is 34.5 Å². The Morgan fingerprint density at radius 2 is 1.69 bits per heavy atom. The summed E-state index contributed by atoms with van der Waals surface area (Å²) in [5, 5.41) is 5.84. The van der Waals surface area contributed by atoms with Crippen LogP contribution in [-0.2, 0) is 11.3 Å². The number of aryl methyl sites for hydroxylation is 1. The second-order valence-electron chi connectivity index (χ2n) is 9.02. The van der Waals surface area contributed by atoms with Gasteiger partial charge >= 0.3 is 0 Å². The van der Waals surface area contributed by atoms with Crippen LogP contribution in [0.25, 0.3) is 0 Å². The number of nitrogens with one attached hydrogen (secondary N) is 2. The molecule has 0 atom stereocenters. The number of hydrogen-bond acceptors (Lipinski definition) is 4. The summed E-state index contributed by atoms with van der Waals surface area (Å²) in [7, 11) is 1.76. The van der Waals surface area contributed by atoms with Crippen molar-refractivity contribution in [2.24, 2.45) is 0 Å². The van der Waals surface area contributed by atoms with Crippen molar-refractivity contribution in [2.45, 2.75) is 42.0 Å². The molecule has 1 amide bonds. The molecule has 7 heteroatoms. The number of anilines is 1. The van der Waals surface area contributed by atoms with Gasteiger partial charge in [0.15, 0.2) is 11.6 Å². The smallest absolute Gasteiger partial charge is 0.238 e. The van der Waals surface area contributed by atoms with Crippen LogP contribution in [0.2, 0.25) is 0 Å². The number of likely N-dealkylation sites (N-methyl/N-ethyl adjacent to an activating group) is 1. The molecule has 0 spiro atoms. The third-order valence-electron chi connectivity index (χ3n) is 6.38. The molecular formula is C28H31F2N3OS. The summed E-state index contributed by atoms with van der Waals surface area (Å²) < 4.78 is 26.6. The molecule has 1 saturated heterocycles. The largest absolute Gasteiger partial charge is 0.325 e. The Morgan fingerprint density at radius 3 is 2.37 bits per heavy atom. The quantitative estimate of drug-likeness (QED) is 0.405. The molecule has 184 valence electrons. The van der Waals surface area contributed by atoms with E-state index in [1.54, 1.807) is 13.1 Å². The predicted molar refractivity (Wildman–Crippen MR) is 138 cm³/mol. The molecule has 4 nitrogen and oxygen atoms in total. The van der Waals surface area contributed by atoms with Crippen LogP contribution in [0.1, 0.15) is 35.4 Å². The second kappa shape index (κ2) is 11.8. The van der Waals surface area contributed by atoms with Gasteiger partial charge in [-0.2, -0.15) is 0 Å². The molecule has 1 fully saturated rings. The van der Waals surface area contributed by atoms with E-state index in [1.807, 2.05) is 18.2 Å². The summed E-state index contributed by atoms with van der Waals surface area (Å²) in [6.45, 7) is 5.37. The van der Waals surface area contributed by atoms with E-state index in [-0.39, 0.29) is 5.91 Å². The lowest BCUT2D eigenvalue weighted by Gasteiger charge is -2.33.